The number of para-hydroxylation sites is 1. The van der Waals surface area contributed by atoms with Gasteiger partial charge < -0.3 is 10.1 Å². The van der Waals surface area contributed by atoms with Gasteiger partial charge in [-0.15, -0.1) is 11.3 Å². The van der Waals surface area contributed by atoms with Crippen molar-refractivity contribution in [3.63, 3.8) is 0 Å². The van der Waals surface area contributed by atoms with E-state index in [0.717, 1.165) is 27.3 Å². The van der Waals surface area contributed by atoms with E-state index < -0.39 is 5.97 Å². The van der Waals surface area contributed by atoms with Gasteiger partial charge in [0.1, 0.15) is 10.7 Å². The highest BCUT2D eigenvalue weighted by atomic mass is 32.1. The lowest BCUT2D eigenvalue weighted by atomic mass is 10.1. The number of ether oxygens (including phenoxy) is 1. The number of nitrogens with one attached hydrogen (secondary N) is 1. The van der Waals surface area contributed by atoms with Crippen molar-refractivity contribution < 1.29 is 14.3 Å². The summed E-state index contributed by atoms with van der Waals surface area (Å²) in [4.78, 5) is 30.5. The molecule has 0 bridgehead atoms. The molecule has 4 rings (SSSR count). The van der Waals surface area contributed by atoms with Gasteiger partial charge in [0.05, 0.1) is 18.4 Å². The van der Waals surface area contributed by atoms with Gasteiger partial charge in [0, 0.05) is 16.9 Å². The van der Waals surface area contributed by atoms with E-state index in [4.69, 9.17) is 4.74 Å². The van der Waals surface area contributed by atoms with Crippen LogP contribution in [0.2, 0.25) is 0 Å². The molecule has 0 unspecified atom stereocenters. The molecule has 0 saturated carbocycles. The summed E-state index contributed by atoms with van der Waals surface area (Å²) in [6.45, 7) is 1.90. The summed E-state index contributed by atoms with van der Waals surface area (Å²) >= 11 is 1.42. The van der Waals surface area contributed by atoms with Crippen LogP contribution in [-0.4, -0.2) is 24.7 Å². The largest absolute Gasteiger partial charge is 0.465 e. The van der Waals surface area contributed by atoms with Crippen LogP contribution in [0.3, 0.4) is 0 Å². The molecule has 1 N–H and O–H groups in total. The molecule has 3 aromatic rings. The first-order valence-electron chi connectivity index (χ1n) is 8.82. The van der Waals surface area contributed by atoms with E-state index in [1.54, 1.807) is 0 Å². The number of anilines is 1. The molecule has 0 saturated heterocycles. The number of benzene rings is 2. The van der Waals surface area contributed by atoms with E-state index in [1.807, 2.05) is 61.5 Å². The highest BCUT2D eigenvalue weighted by Crippen LogP contribution is 2.38. The zero-order valence-corrected chi connectivity index (χ0v) is 16.3. The van der Waals surface area contributed by atoms with Crippen LogP contribution in [0.4, 0.5) is 10.7 Å². The van der Waals surface area contributed by atoms with Gasteiger partial charge in [-0.2, -0.15) is 0 Å². The summed E-state index contributed by atoms with van der Waals surface area (Å²) in [7, 11) is 1.35. The van der Waals surface area contributed by atoms with Crippen molar-refractivity contribution in [3.05, 3.63) is 81.7 Å². The lowest BCUT2D eigenvalue weighted by Crippen LogP contribution is -2.14. The third-order valence-electron chi connectivity index (χ3n) is 4.68. The maximum Gasteiger partial charge on any atom is 0.341 e. The smallest absolute Gasteiger partial charge is 0.341 e. The number of thiophene rings is 1. The lowest BCUT2D eigenvalue weighted by Gasteiger charge is -2.02. The minimum absolute atomic E-state index is 0.271. The zero-order valence-electron chi connectivity index (χ0n) is 15.5. The fraction of sp³-hybridized carbons (Fsp3) is 0.136. The number of hydrogen-bond acceptors (Lipinski definition) is 5. The van der Waals surface area contributed by atoms with Crippen molar-refractivity contribution in [1.29, 1.82) is 0 Å². The fourth-order valence-corrected chi connectivity index (χ4v) is 4.43. The van der Waals surface area contributed by atoms with Crippen molar-refractivity contribution in [1.82, 2.24) is 0 Å². The Kier molecular flexibility index (Phi) is 4.79. The van der Waals surface area contributed by atoms with Crippen molar-refractivity contribution >= 4 is 39.6 Å². The standard InChI is InChI=1S/C22H18N2O3S/c1-13-17(12-14-8-4-3-5-9-14)28-21(18(13)22(26)27-2)24-19-15-10-6-7-11-16(15)23-20(19)25/h3-11H,12H2,1-2H3,(H,23,24,25). The fourth-order valence-electron chi connectivity index (χ4n) is 3.23. The average Bonchev–Trinajstić information content (AvgIpc) is 3.19. The maximum atomic E-state index is 12.4. The molecule has 140 valence electrons. The maximum absolute atomic E-state index is 12.4. The summed E-state index contributed by atoms with van der Waals surface area (Å²) in [5.74, 6) is -0.716. The highest BCUT2D eigenvalue weighted by molar-refractivity contribution is 7.16. The van der Waals surface area contributed by atoms with Gasteiger partial charge in [0.15, 0.2) is 0 Å². The van der Waals surface area contributed by atoms with Crippen molar-refractivity contribution in [2.45, 2.75) is 13.3 Å². The molecule has 28 heavy (non-hydrogen) atoms. The molecular formula is C22H18N2O3S. The van der Waals surface area contributed by atoms with Crippen LogP contribution < -0.4 is 5.32 Å². The molecular weight excluding hydrogens is 372 g/mol. The highest BCUT2D eigenvalue weighted by Gasteiger charge is 2.28. The van der Waals surface area contributed by atoms with E-state index in [0.29, 0.717) is 22.7 Å². The summed E-state index contributed by atoms with van der Waals surface area (Å²) in [5, 5.41) is 3.31. The summed E-state index contributed by atoms with van der Waals surface area (Å²) in [5.41, 5.74) is 4.18. The van der Waals surface area contributed by atoms with Crippen molar-refractivity contribution in [3.8, 4) is 0 Å². The molecule has 1 aliphatic heterocycles. The molecule has 0 spiro atoms. The molecule has 0 radical (unpaired) electrons. The molecule has 1 amide bonds. The number of aliphatic imine (C=N–C) groups is 1. The summed E-state index contributed by atoms with van der Waals surface area (Å²) in [6, 6.07) is 17.4. The number of carbonyl (C=O) groups is 2. The van der Waals surface area contributed by atoms with Crippen molar-refractivity contribution in [2.24, 2.45) is 4.99 Å². The third-order valence-corrected chi connectivity index (χ3v) is 5.87. The average molecular weight is 390 g/mol. The molecule has 2 aromatic carbocycles. The topological polar surface area (TPSA) is 67.8 Å². The molecule has 1 aromatic heterocycles. The SMILES string of the molecule is COC(=O)c1c(N=C2C(=O)Nc3ccccc32)sc(Cc2ccccc2)c1C. The Hall–Kier alpha value is -3.25. The predicted molar refractivity (Wildman–Crippen MR) is 111 cm³/mol. The quantitative estimate of drug-likeness (QED) is 0.667. The summed E-state index contributed by atoms with van der Waals surface area (Å²) < 4.78 is 4.98. The molecule has 2 heterocycles. The Morgan fingerprint density at radius 1 is 1.11 bits per heavy atom. The molecule has 0 aliphatic carbocycles. The first kappa shape index (κ1) is 18.1. The first-order chi connectivity index (χ1) is 13.6. The Bertz CT molecular complexity index is 1100. The number of fused-ring (bicyclic) bond motifs is 1. The van der Waals surface area contributed by atoms with Crippen LogP contribution in [0.1, 0.15) is 31.9 Å². The van der Waals surface area contributed by atoms with Crippen LogP contribution in [0.15, 0.2) is 59.6 Å². The Labute approximate surface area is 166 Å². The number of nitrogens with zero attached hydrogens (tertiary/aromatic N) is 1. The second kappa shape index (κ2) is 7.40. The second-order valence-electron chi connectivity index (χ2n) is 6.44. The van der Waals surface area contributed by atoms with Gasteiger partial charge in [0.2, 0.25) is 0 Å². The van der Waals surface area contributed by atoms with Gasteiger partial charge in [-0.05, 0) is 24.1 Å². The van der Waals surface area contributed by atoms with Crippen molar-refractivity contribution in [2.75, 3.05) is 12.4 Å². The zero-order chi connectivity index (χ0) is 19.7. The van der Waals surface area contributed by atoms with Gasteiger partial charge in [-0.1, -0.05) is 48.5 Å². The predicted octanol–water partition coefficient (Wildman–Crippen LogP) is 4.51. The van der Waals surface area contributed by atoms with Crippen LogP contribution in [-0.2, 0) is 16.0 Å². The molecule has 6 heteroatoms. The monoisotopic (exact) mass is 390 g/mol. The molecule has 1 aliphatic rings. The number of esters is 1. The third kappa shape index (κ3) is 3.23. The van der Waals surface area contributed by atoms with E-state index in [-0.39, 0.29) is 5.91 Å². The van der Waals surface area contributed by atoms with Gasteiger partial charge in [-0.3, -0.25) is 4.79 Å². The molecule has 5 nitrogen and oxygen atoms in total. The lowest BCUT2D eigenvalue weighted by molar-refractivity contribution is -0.110. The van der Waals surface area contributed by atoms with Crippen LogP contribution >= 0.6 is 11.3 Å². The van der Waals surface area contributed by atoms with Crippen LogP contribution in [0, 0.1) is 6.92 Å². The van der Waals surface area contributed by atoms with E-state index >= 15 is 0 Å². The number of rotatable bonds is 4. The minimum atomic E-state index is -0.445. The van der Waals surface area contributed by atoms with Crippen LogP contribution in [0.5, 0.6) is 0 Å². The minimum Gasteiger partial charge on any atom is -0.465 e. The number of hydrogen-bond donors (Lipinski definition) is 1. The van der Waals surface area contributed by atoms with Crippen LogP contribution in [0.25, 0.3) is 0 Å². The van der Waals surface area contributed by atoms with E-state index in [9.17, 15) is 9.59 Å². The van der Waals surface area contributed by atoms with Gasteiger partial charge in [-0.25, -0.2) is 9.79 Å². The van der Waals surface area contributed by atoms with E-state index in [1.165, 1.54) is 18.4 Å². The number of carbonyl (C=O) groups excluding carboxylic acids is 2. The second-order valence-corrected chi connectivity index (χ2v) is 7.53. The Balaban J connectivity index is 1.81. The van der Waals surface area contributed by atoms with Gasteiger partial charge >= 0.3 is 5.97 Å². The number of amides is 1. The van der Waals surface area contributed by atoms with E-state index in [2.05, 4.69) is 10.3 Å². The number of methoxy groups -OCH3 is 1. The molecule has 0 atom stereocenters. The first-order valence-corrected chi connectivity index (χ1v) is 9.64. The Morgan fingerprint density at radius 3 is 2.57 bits per heavy atom. The van der Waals surface area contributed by atoms with Gasteiger partial charge in [0.25, 0.3) is 5.91 Å². The normalized spacial score (nSPS) is 14.1. The summed E-state index contributed by atoms with van der Waals surface area (Å²) in [6.07, 6.45) is 0.689. The molecule has 0 fully saturated rings. The Morgan fingerprint density at radius 2 is 1.82 bits per heavy atom.